The van der Waals surface area contributed by atoms with Gasteiger partial charge in [-0.1, -0.05) is 13.8 Å². The van der Waals surface area contributed by atoms with Gasteiger partial charge in [0.25, 0.3) is 0 Å². The molecule has 0 aliphatic rings. The highest BCUT2D eigenvalue weighted by molar-refractivity contribution is 7.92. The predicted molar refractivity (Wildman–Crippen MR) is 48.3 cm³/mol. The van der Waals surface area contributed by atoms with Crippen LogP contribution in [0.3, 0.4) is 0 Å². The fourth-order valence-electron chi connectivity index (χ4n) is 0.788. The second-order valence-corrected chi connectivity index (χ2v) is 5.70. The molecule has 0 rings (SSSR count). The van der Waals surface area contributed by atoms with Crippen molar-refractivity contribution in [3.63, 3.8) is 0 Å². The maximum atomic E-state index is 11.4. The molecule has 0 spiro atoms. The number of nitriles is 1. The van der Waals surface area contributed by atoms with Crippen LogP contribution in [0, 0.1) is 17.2 Å². The van der Waals surface area contributed by atoms with E-state index in [4.69, 9.17) is 5.26 Å². The molecule has 1 unspecified atom stereocenters. The van der Waals surface area contributed by atoms with Crippen molar-refractivity contribution < 1.29 is 8.42 Å². The van der Waals surface area contributed by atoms with Crippen molar-refractivity contribution in [1.82, 2.24) is 0 Å². The zero-order valence-corrected chi connectivity index (χ0v) is 8.56. The van der Waals surface area contributed by atoms with E-state index in [0.29, 0.717) is 0 Å². The normalized spacial score (nSPS) is 14.2. The summed E-state index contributed by atoms with van der Waals surface area (Å²) >= 11 is 0. The summed E-state index contributed by atoms with van der Waals surface area (Å²) < 4.78 is 22.8. The van der Waals surface area contributed by atoms with Crippen LogP contribution < -0.4 is 0 Å². The molecule has 0 aromatic rings. The highest BCUT2D eigenvalue weighted by Gasteiger charge is 2.22. The standard InChI is InChI=1S/C8H15NO2S/c1-7(2)8(3)12(10,11)6-4-5-9/h7-8H,4,6H2,1-3H3. The fraction of sp³-hybridized carbons (Fsp3) is 0.875. The molecule has 0 bridgehead atoms. The SMILES string of the molecule is CC(C)C(C)S(=O)(=O)CCC#N. The molecule has 0 fully saturated rings. The summed E-state index contributed by atoms with van der Waals surface area (Å²) in [6, 6.07) is 1.84. The minimum absolute atomic E-state index is 0.0111. The van der Waals surface area contributed by atoms with Crippen LogP contribution in [-0.2, 0) is 9.84 Å². The van der Waals surface area contributed by atoms with Crippen LogP contribution in [0.15, 0.2) is 0 Å². The van der Waals surface area contributed by atoms with E-state index in [9.17, 15) is 8.42 Å². The summed E-state index contributed by atoms with van der Waals surface area (Å²) in [5.74, 6) is 0.108. The van der Waals surface area contributed by atoms with Gasteiger partial charge < -0.3 is 0 Å². The van der Waals surface area contributed by atoms with Crippen molar-refractivity contribution >= 4 is 9.84 Å². The van der Waals surface area contributed by atoms with E-state index in [2.05, 4.69) is 0 Å². The molecule has 0 aromatic heterocycles. The minimum Gasteiger partial charge on any atom is -0.229 e. The topological polar surface area (TPSA) is 57.9 Å². The lowest BCUT2D eigenvalue weighted by atomic mass is 10.2. The van der Waals surface area contributed by atoms with E-state index in [1.54, 1.807) is 6.92 Å². The van der Waals surface area contributed by atoms with Crippen LogP contribution in [0.4, 0.5) is 0 Å². The third kappa shape index (κ3) is 3.22. The molecule has 70 valence electrons. The Morgan fingerprint density at radius 2 is 1.83 bits per heavy atom. The first-order valence-corrected chi connectivity index (χ1v) is 5.72. The summed E-state index contributed by atoms with van der Waals surface area (Å²) in [6.07, 6.45) is 0.0966. The van der Waals surface area contributed by atoms with Gasteiger partial charge in [-0.3, -0.25) is 0 Å². The van der Waals surface area contributed by atoms with Gasteiger partial charge in [-0.2, -0.15) is 5.26 Å². The Morgan fingerprint density at radius 3 is 2.17 bits per heavy atom. The molecule has 3 nitrogen and oxygen atoms in total. The van der Waals surface area contributed by atoms with E-state index < -0.39 is 9.84 Å². The molecule has 4 heteroatoms. The molecule has 0 aromatic carbocycles. The summed E-state index contributed by atoms with van der Waals surface area (Å²) in [5.41, 5.74) is 0. The van der Waals surface area contributed by atoms with Crippen molar-refractivity contribution in [2.75, 3.05) is 5.75 Å². The van der Waals surface area contributed by atoms with Gasteiger partial charge in [0.05, 0.1) is 17.1 Å². The van der Waals surface area contributed by atoms with E-state index >= 15 is 0 Å². The van der Waals surface area contributed by atoms with Crippen LogP contribution in [0.25, 0.3) is 0 Å². The van der Waals surface area contributed by atoms with Gasteiger partial charge in [0.1, 0.15) is 0 Å². The second-order valence-electron chi connectivity index (χ2n) is 3.22. The maximum Gasteiger partial charge on any atom is 0.154 e. The molecule has 12 heavy (non-hydrogen) atoms. The van der Waals surface area contributed by atoms with Crippen molar-refractivity contribution in [3.05, 3.63) is 0 Å². The third-order valence-corrected chi connectivity index (χ3v) is 4.45. The molecule has 0 radical (unpaired) electrons. The van der Waals surface area contributed by atoms with E-state index in [1.165, 1.54) is 0 Å². The number of hydrogen-bond acceptors (Lipinski definition) is 3. The molecule has 0 saturated carbocycles. The summed E-state index contributed by atoms with van der Waals surface area (Å²) in [6.45, 7) is 5.43. The van der Waals surface area contributed by atoms with E-state index in [1.807, 2.05) is 19.9 Å². The van der Waals surface area contributed by atoms with Crippen molar-refractivity contribution in [2.45, 2.75) is 32.4 Å². The lowest BCUT2D eigenvalue weighted by Gasteiger charge is -2.14. The smallest absolute Gasteiger partial charge is 0.154 e. The van der Waals surface area contributed by atoms with Crippen molar-refractivity contribution in [3.8, 4) is 6.07 Å². The molecule has 0 N–H and O–H groups in total. The van der Waals surface area contributed by atoms with Crippen LogP contribution in [-0.4, -0.2) is 19.4 Å². The zero-order chi connectivity index (χ0) is 9.78. The van der Waals surface area contributed by atoms with Crippen molar-refractivity contribution in [2.24, 2.45) is 5.92 Å². The summed E-state index contributed by atoms with van der Waals surface area (Å²) in [7, 11) is -3.04. The van der Waals surface area contributed by atoms with E-state index in [-0.39, 0.29) is 23.3 Å². The van der Waals surface area contributed by atoms with Crippen LogP contribution in [0.2, 0.25) is 0 Å². The lowest BCUT2D eigenvalue weighted by molar-refractivity contribution is 0.546. The molecule has 0 aliphatic carbocycles. The summed E-state index contributed by atoms with van der Waals surface area (Å²) in [4.78, 5) is 0. The lowest BCUT2D eigenvalue weighted by Crippen LogP contribution is -2.25. The maximum absolute atomic E-state index is 11.4. The highest BCUT2D eigenvalue weighted by atomic mass is 32.2. The minimum atomic E-state index is -3.04. The van der Waals surface area contributed by atoms with Gasteiger partial charge in [0, 0.05) is 6.42 Å². The Kier molecular flexibility index (Phi) is 4.25. The molecule has 0 aliphatic heterocycles. The quantitative estimate of drug-likeness (QED) is 0.671. The second kappa shape index (κ2) is 4.46. The third-order valence-electron chi connectivity index (χ3n) is 2.00. The first-order valence-electron chi connectivity index (χ1n) is 4.00. The first kappa shape index (κ1) is 11.4. The average Bonchev–Trinajstić information content (AvgIpc) is 1.99. The molecule has 1 atom stereocenters. The van der Waals surface area contributed by atoms with Crippen LogP contribution >= 0.6 is 0 Å². The molecule has 0 saturated heterocycles. The fourth-order valence-corrected chi connectivity index (χ4v) is 2.37. The first-order chi connectivity index (χ1) is 5.41. The van der Waals surface area contributed by atoms with Crippen LogP contribution in [0.1, 0.15) is 27.2 Å². The molecule has 0 heterocycles. The van der Waals surface area contributed by atoms with Crippen molar-refractivity contribution in [1.29, 1.82) is 5.26 Å². The van der Waals surface area contributed by atoms with Gasteiger partial charge in [0.15, 0.2) is 9.84 Å². The Bertz CT molecular complexity index is 261. The number of sulfone groups is 1. The molecular formula is C8H15NO2S. The van der Waals surface area contributed by atoms with Gasteiger partial charge in [-0.05, 0) is 12.8 Å². The highest BCUT2D eigenvalue weighted by Crippen LogP contribution is 2.12. The number of rotatable bonds is 4. The Hall–Kier alpha value is -0.560. The molecule has 0 amide bonds. The Morgan fingerprint density at radius 1 is 1.33 bits per heavy atom. The molecular weight excluding hydrogens is 174 g/mol. The van der Waals surface area contributed by atoms with Gasteiger partial charge in [-0.25, -0.2) is 8.42 Å². The van der Waals surface area contributed by atoms with Gasteiger partial charge in [0.2, 0.25) is 0 Å². The predicted octanol–water partition coefficient (Wildman–Crippen LogP) is 1.36. The zero-order valence-electron chi connectivity index (χ0n) is 7.74. The van der Waals surface area contributed by atoms with E-state index in [0.717, 1.165) is 0 Å². The van der Waals surface area contributed by atoms with Crippen LogP contribution in [0.5, 0.6) is 0 Å². The number of nitrogens with zero attached hydrogens (tertiary/aromatic N) is 1. The largest absolute Gasteiger partial charge is 0.229 e. The monoisotopic (exact) mass is 189 g/mol. The summed E-state index contributed by atoms with van der Waals surface area (Å²) in [5, 5.41) is 7.89. The average molecular weight is 189 g/mol. The van der Waals surface area contributed by atoms with Gasteiger partial charge >= 0.3 is 0 Å². The number of hydrogen-bond donors (Lipinski definition) is 0. The Balaban J connectivity index is 4.33. The Labute approximate surface area is 74.3 Å². The van der Waals surface area contributed by atoms with Gasteiger partial charge in [-0.15, -0.1) is 0 Å².